The largest absolute Gasteiger partial charge is 0.463 e. The molecule has 0 bridgehead atoms. The first-order valence-electron chi connectivity index (χ1n) is 12.5. The van der Waals surface area contributed by atoms with Gasteiger partial charge >= 0.3 is 5.97 Å². The molecule has 0 aromatic rings. The Morgan fingerprint density at radius 3 is 2.52 bits per heavy atom. The van der Waals surface area contributed by atoms with Crippen molar-refractivity contribution < 1.29 is 24.1 Å². The lowest BCUT2D eigenvalue weighted by Crippen LogP contribution is -2.54. The second-order valence-electron chi connectivity index (χ2n) is 10.8. The van der Waals surface area contributed by atoms with Crippen LogP contribution in [0, 0.1) is 34.5 Å². The van der Waals surface area contributed by atoms with Crippen molar-refractivity contribution in [3.8, 4) is 0 Å². The normalized spacial score (nSPS) is 35.3. The molecule has 0 radical (unpaired) electrons. The Labute approximate surface area is 188 Å². The second-order valence-corrected chi connectivity index (χ2v) is 10.8. The second kappa shape index (κ2) is 10.8. The molecule has 0 saturated heterocycles. The first-order valence-corrected chi connectivity index (χ1v) is 12.5. The van der Waals surface area contributed by atoms with Crippen molar-refractivity contribution in [1.29, 1.82) is 0 Å². The molecule has 178 valence electrons. The van der Waals surface area contributed by atoms with Gasteiger partial charge in [0, 0.05) is 0 Å². The summed E-state index contributed by atoms with van der Waals surface area (Å²) in [5.74, 6) is 2.52. The van der Waals surface area contributed by atoms with Crippen molar-refractivity contribution >= 4 is 5.97 Å². The van der Waals surface area contributed by atoms with Crippen LogP contribution in [0.4, 0.5) is 0 Å². The van der Waals surface area contributed by atoms with Crippen molar-refractivity contribution in [3.05, 3.63) is 11.6 Å². The van der Waals surface area contributed by atoms with Crippen molar-refractivity contribution in [1.82, 2.24) is 0 Å². The number of carbonyl (C=O) groups excluding carboxylic acids is 1. The molecule has 3 aliphatic carbocycles. The highest BCUT2D eigenvalue weighted by atomic mass is 16.6. The molecular formula is C26H44O5. The topological polar surface area (TPSA) is 65.0 Å². The van der Waals surface area contributed by atoms with E-state index in [1.165, 1.54) is 25.7 Å². The summed E-state index contributed by atoms with van der Waals surface area (Å²) in [5, 5.41) is 8.69. The van der Waals surface area contributed by atoms with Gasteiger partial charge in [-0.2, -0.15) is 0 Å². The monoisotopic (exact) mass is 436 g/mol. The fourth-order valence-electron chi connectivity index (χ4n) is 6.78. The molecule has 0 aromatic heterocycles. The van der Waals surface area contributed by atoms with E-state index in [-0.39, 0.29) is 18.0 Å². The average Bonchev–Trinajstić information content (AvgIpc) is 2.75. The van der Waals surface area contributed by atoms with E-state index in [9.17, 15) is 4.79 Å². The van der Waals surface area contributed by atoms with E-state index in [4.69, 9.17) is 19.3 Å². The molecule has 2 saturated carbocycles. The highest BCUT2D eigenvalue weighted by Gasteiger charge is 2.58. The summed E-state index contributed by atoms with van der Waals surface area (Å²) in [4.78, 5) is 13.2. The molecule has 0 aromatic carbocycles. The predicted molar refractivity (Wildman–Crippen MR) is 122 cm³/mol. The molecule has 5 heteroatoms. The minimum atomic E-state index is -0.409. The smallest absolute Gasteiger partial charge is 0.312 e. The average molecular weight is 437 g/mol. The van der Waals surface area contributed by atoms with Gasteiger partial charge in [0.05, 0.1) is 38.4 Å². The minimum Gasteiger partial charge on any atom is -0.463 e. The van der Waals surface area contributed by atoms with Gasteiger partial charge in [0.2, 0.25) is 0 Å². The van der Waals surface area contributed by atoms with Crippen LogP contribution in [-0.4, -0.2) is 50.7 Å². The van der Waals surface area contributed by atoms with Gasteiger partial charge in [-0.1, -0.05) is 38.8 Å². The molecule has 1 N–H and O–H groups in total. The molecule has 2 fully saturated rings. The number of fused-ring (bicyclic) bond motifs is 3. The van der Waals surface area contributed by atoms with Crippen LogP contribution in [0.15, 0.2) is 11.6 Å². The molecule has 0 heterocycles. The van der Waals surface area contributed by atoms with E-state index < -0.39 is 5.41 Å². The fourth-order valence-corrected chi connectivity index (χ4v) is 6.78. The van der Waals surface area contributed by atoms with Crippen molar-refractivity contribution in [2.24, 2.45) is 34.5 Å². The number of hydrogen-bond acceptors (Lipinski definition) is 5. The maximum absolute atomic E-state index is 13.2. The summed E-state index contributed by atoms with van der Waals surface area (Å²) < 4.78 is 16.4. The number of ether oxygens (including phenoxy) is 3. The van der Waals surface area contributed by atoms with Crippen LogP contribution in [0.3, 0.4) is 0 Å². The summed E-state index contributed by atoms with van der Waals surface area (Å²) in [6, 6.07) is 0. The zero-order valence-electron chi connectivity index (χ0n) is 20.2. The number of hydrogen-bond donors (Lipinski definition) is 1. The first kappa shape index (κ1) is 24.7. The fraction of sp³-hybridized carbons (Fsp3) is 0.885. The van der Waals surface area contributed by atoms with Gasteiger partial charge < -0.3 is 19.3 Å². The van der Waals surface area contributed by atoms with Crippen molar-refractivity contribution in [3.63, 3.8) is 0 Å². The number of rotatable bonds is 10. The summed E-state index contributed by atoms with van der Waals surface area (Å²) in [7, 11) is 0. The van der Waals surface area contributed by atoms with Gasteiger partial charge in [0.15, 0.2) is 0 Å². The van der Waals surface area contributed by atoms with Gasteiger partial charge in [-0.3, -0.25) is 4.79 Å². The third-order valence-corrected chi connectivity index (χ3v) is 8.64. The van der Waals surface area contributed by atoms with E-state index in [0.717, 1.165) is 31.1 Å². The summed E-state index contributed by atoms with van der Waals surface area (Å²) in [5.41, 5.74) is 1.48. The third-order valence-electron chi connectivity index (χ3n) is 8.64. The quantitative estimate of drug-likeness (QED) is 0.304. The van der Waals surface area contributed by atoms with Crippen LogP contribution in [0.25, 0.3) is 0 Å². The Bertz CT molecular complexity index is 629. The molecule has 5 atom stereocenters. The van der Waals surface area contributed by atoms with Crippen molar-refractivity contribution in [2.45, 2.75) is 72.6 Å². The van der Waals surface area contributed by atoms with Crippen molar-refractivity contribution in [2.75, 3.05) is 39.6 Å². The maximum Gasteiger partial charge on any atom is 0.312 e. The number of carbonyl (C=O) groups is 1. The zero-order chi connectivity index (χ0) is 22.5. The first-order chi connectivity index (χ1) is 14.8. The van der Waals surface area contributed by atoms with E-state index in [1.54, 1.807) is 5.57 Å². The Morgan fingerprint density at radius 1 is 1.10 bits per heavy atom. The summed E-state index contributed by atoms with van der Waals surface area (Å²) in [6.07, 6.45) is 10.6. The standard InChI is InChI=1S/C26H44O5/c1-19(2)20-6-8-22-21(18-20)7-9-23-25(22,3)10-5-11-26(23,4)24(28)31-17-16-30-15-14-29-13-12-27/h7,19-20,22-23,27H,5-6,8-18H2,1-4H3/t20?,22-,23?,25+,26+/m0/s1. The lowest BCUT2D eigenvalue weighted by Gasteiger charge is -2.58. The number of esters is 1. The van der Waals surface area contributed by atoms with Crippen LogP contribution in [0.5, 0.6) is 0 Å². The SMILES string of the molecule is CC(C)C1CC[C@H]2C(=CCC3[C@](C)(C(=O)OCCOCCOCCO)CCC[C@@]32C)C1. The third kappa shape index (κ3) is 5.36. The number of aliphatic hydroxyl groups excluding tert-OH is 1. The van der Waals surface area contributed by atoms with E-state index in [1.807, 2.05) is 0 Å². The van der Waals surface area contributed by atoms with Gasteiger partial charge in [-0.15, -0.1) is 0 Å². The minimum absolute atomic E-state index is 0.0200. The molecule has 3 aliphatic rings. The van der Waals surface area contributed by atoms with E-state index >= 15 is 0 Å². The Kier molecular flexibility index (Phi) is 8.62. The molecule has 3 rings (SSSR count). The maximum atomic E-state index is 13.2. The van der Waals surface area contributed by atoms with Gasteiger partial charge in [0.1, 0.15) is 6.61 Å². The van der Waals surface area contributed by atoms with E-state index in [0.29, 0.717) is 44.9 Å². The van der Waals surface area contributed by atoms with E-state index in [2.05, 4.69) is 33.8 Å². The molecule has 2 unspecified atom stereocenters. The molecule has 5 nitrogen and oxygen atoms in total. The lowest BCUT2D eigenvalue weighted by atomic mass is 9.46. The van der Waals surface area contributed by atoms with Crippen LogP contribution >= 0.6 is 0 Å². The van der Waals surface area contributed by atoms with Gasteiger partial charge in [-0.05, 0) is 74.5 Å². The zero-order valence-corrected chi connectivity index (χ0v) is 20.2. The van der Waals surface area contributed by atoms with Gasteiger partial charge in [-0.25, -0.2) is 0 Å². The lowest BCUT2D eigenvalue weighted by molar-refractivity contribution is -0.171. The molecule has 31 heavy (non-hydrogen) atoms. The Hall–Kier alpha value is -0.910. The molecule has 0 spiro atoms. The Balaban J connectivity index is 1.58. The molecule has 0 amide bonds. The molecule has 0 aliphatic heterocycles. The highest BCUT2D eigenvalue weighted by molar-refractivity contribution is 5.77. The van der Waals surface area contributed by atoms with Crippen LogP contribution in [-0.2, 0) is 19.0 Å². The van der Waals surface area contributed by atoms with Gasteiger partial charge in [0.25, 0.3) is 0 Å². The molecular weight excluding hydrogens is 392 g/mol. The number of aliphatic hydroxyl groups is 1. The van der Waals surface area contributed by atoms with Crippen LogP contribution in [0.2, 0.25) is 0 Å². The number of allylic oxidation sites excluding steroid dienone is 2. The van der Waals surface area contributed by atoms with Crippen LogP contribution < -0.4 is 0 Å². The highest BCUT2D eigenvalue weighted by Crippen LogP contribution is 2.63. The summed E-state index contributed by atoms with van der Waals surface area (Å²) >= 11 is 0. The summed E-state index contributed by atoms with van der Waals surface area (Å²) in [6.45, 7) is 11.2. The van der Waals surface area contributed by atoms with Crippen LogP contribution in [0.1, 0.15) is 72.6 Å². The predicted octanol–water partition coefficient (Wildman–Crippen LogP) is 4.77. The Morgan fingerprint density at radius 2 is 1.81 bits per heavy atom.